The molecular weight excluding hydrogens is 330 g/mol. The molecule has 2 aromatic heterocycles. The van der Waals surface area contributed by atoms with Gasteiger partial charge >= 0.3 is 0 Å². The maximum atomic E-state index is 5.68. The van der Waals surface area contributed by atoms with Gasteiger partial charge in [0.2, 0.25) is 5.95 Å². The lowest BCUT2D eigenvalue weighted by Crippen LogP contribution is -2.10. The van der Waals surface area contributed by atoms with Gasteiger partial charge in [0.1, 0.15) is 10.4 Å². The van der Waals surface area contributed by atoms with Crippen molar-refractivity contribution in [3.05, 3.63) is 45.3 Å². The van der Waals surface area contributed by atoms with Gasteiger partial charge < -0.3 is 11.1 Å². The summed E-state index contributed by atoms with van der Waals surface area (Å²) in [5, 5.41) is 3.25. The highest BCUT2D eigenvalue weighted by atomic mass is 79.9. The van der Waals surface area contributed by atoms with Gasteiger partial charge in [-0.15, -0.1) is 0 Å². The van der Waals surface area contributed by atoms with Crippen molar-refractivity contribution >= 4 is 33.8 Å². The SMILES string of the molecule is C=Cc1c(Br)nc(N)nc1NCc1ncc(C)c(C)c1C. The fraction of sp³-hybridized carbons (Fsp3) is 0.267. The van der Waals surface area contributed by atoms with Crippen molar-refractivity contribution in [1.82, 2.24) is 15.0 Å². The van der Waals surface area contributed by atoms with Crippen LogP contribution in [0, 0.1) is 20.8 Å². The number of anilines is 2. The van der Waals surface area contributed by atoms with Crippen LogP contribution < -0.4 is 11.1 Å². The van der Waals surface area contributed by atoms with E-state index in [1.807, 2.05) is 6.20 Å². The van der Waals surface area contributed by atoms with E-state index in [0.717, 1.165) is 11.3 Å². The van der Waals surface area contributed by atoms with Crippen LogP contribution in [0.25, 0.3) is 6.08 Å². The molecule has 3 N–H and O–H groups in total. The zero-order chi connectivity index (χ0) is 15.6. The van der Waals surface area contributed by atoms with Crippen molar-refractivity contribution < 1.29 is 0 Å². The molecule has 0 aromatic carbocycles. The average molecular weight is 348 g/mol. The molecule has 0 aliphatic heterocycles. The number of hydrogen-bond donors (Lipinski definition) is 2. The molecule has 0 spiro atoms. The second kappa shape index (κ2) is 6.22. The van der Waals surface area contributed by atoms with E-state index in [0.29, 0.717) is 17.0 Å². The van der Waals surface area contributed by atoms with E-state index in [-0.39, 0.29) is 5.95 Å². The molecule has 0 radical (unpaired) electrons. The van der Waals surface area contributed by atoms with E-state index in [1.54, 1.807) is 6.08 Å². The van der Waals surface area contributed by atoms with Gasteiger partial charge in [0.25, 0.3) is 0 Å². The van der Waals surface area contributed by atoms with Crippen LogP contribution in [-0.2, 0) is 6.54 Å². The predicted molar refractivity (Wildman–Crippen MR) is 90.0 cm³/mol. The molecule has 2 aromatic rings. The third kappa shape index (κ3) is 3.21. The van der Waals surface area contributed by atoms with Crippen LogP contribution in [0.2, 0.25) is 0 Å². The fourth-order valence-electron chi connectivity index (χ4n) is 2.00. The quantitative estimate of drug-likeness (QED) is 0.828. The van der Waals surface area contributed by atoms with E-state index in [1.165, 1.54) is 16.7 Å². The first-order valence-corrected chi connectivity index (χ1v) is 7.34. The predicted octanol–water partition coefficient (Wildman–Crippen LogP) is 3.40. The van der Waals surface area contributed by atoms with Crippen molar-refractivity contribution in [2.75, 3.05) is 11.1 Å². The van der Waals surface area contributed by atoms with Crippen LogP contribution in [0.4, 0.5) is 11.8 Å². The first-order valence-electron chi connectivity index (χ1n) is 6.55. The minimum atomic E-state index is 0.208. The van der Waals surface area contributed by atoms with Crippen molar-refractivity contribution in [1.29, 1.82) is 0 Å². The number of pyridine rings is 1. The molecule has 0 amide bonds. The summed E-state index contributed by atoms with van der Waals surface area (Å²) >= 11 is 3.36. The first kappa shape index (κ1) is 15.4. The summed E-state index contributed by atoms with van der Waals surface area (Å²) in [4.78, 5) is 12.8. The fourth-order valence-corrected chi connectivity index (χ4v) is 2.53. The highest BCUT2D eigenvalue weighted by Crippen LogP contribution is 2.24. The number of nitrogen functional groups attached to an aromatic ring is 1. The van der Waals surface area contributed by atoms with Crippen LogP contribution in [0.5, 0.6) is 0 Å². The van der Waals surface area contributed by atoms with Gasteiger partial charge in [-0.1, -0.05) is 12.7 Å². The summed E-state index contributed by atoms with van der Waals surface area (Å²) < 4.78 is 0.622. The number of hydrogen-bond acceptors (Lipinski definition) is 5. The molecule has 5 nitrogen and oxygen atoms in total. The van der Waals surface area contributed by atoms with E-state index >= 15 is 0 Å². The number of halogens is 1. The van der Waals surface area contributed by atoms with Gasteiger partial charge in [0.05, 0.1) is 12.2 Å². The van der Waals surface area contributed by atoms with Crippen molar-refractivity contribution in [2.24, 2.45) is 0 Å². The molecule has 0 saturated carbocycles. The van der Waals surface area contributed by atoms with Crippen LogP contribution in [0.1, 0.15) is 27.9 Å². The summed E-state index contributed by atoms with van der Waals surface area (Å²) in [5.74, 6) is 0.851. The summed E-state index contributed by atoms with van der Waals surface area (Å²) in [6.45, 7) is 10.6. The minimum Gasteiger partial charge on any atom is -0.368 e. The van der Waals surface area contributed by atoms with E-state index in [2.05, 4.69) is 63.5 Å². The summed E-state index contributed by atoms with van der Waals surface area (Å²) in [5.41, 5.74) is 11.1. The second-order valence-corrected chi connectivity index (χ2v) is 5.58. The van der Waals surface area contributed by atoms with Gasteiger partial charge in [0.15, 0.2) is 0 Å². The molecule has 2 heterocycles. The van der Waals surface area contributed by atoms with Gasteiger partial charge in [-0.2, -0.15) is 4.98 Å². The molecule has 6 heteroatoms. The van der Waals surface area contributed by atoms with Gasteiger partial charge in [-0.05, 0) is 53.4 Å². The molecule has 0 bridgehead atoms. The Labute approximate surface area is 132 Å². The molecule has 0 unspecified atom stereocenters. The topological polar surface area (TPSA) is 76.7 Å². The van der Waals surface area contributed by atoms with E-state index < -0.39 is 0 Å². The standard InChI is InChI=1S/C15H18BrN5/c1-5-11-13(16)20-15(17)21-14(11)19-7-12-10(4)9(3)8(2)6-18-12/h5-6H,1,7H2,2-4H3,(H3,17,19,20,21). The molecule has 0 saturated heterocycles. The highest BCUT2D eigenvalue weighted by molar-refractivity contribution is 9.10. The van der Waals surface area contributed by atoms with Gasteiger partial charge in [-0.3, -0.25) is 4.98 Å². The van der Waals surface area contributed by atoms with Crippen molar-refractivity contribution in [3.8, 4) is 0 Å². The van der Waals surface area contributed by atoms with E-state index in [9.17, 15) is 0 Å². The Kier molecular flexibility index (Phi) is 4.57. The molecule has 21 heavy (non-hydrogen) atoms. The maximum Gasteiger partial charge on any atom is 0.223 e. The Morgan fingerprint density at radius 2 is 2.00 bits per heavy atom. The highest BCUT2D eigenvalue weighted by Gasteiger charge is 2.10. The Balaban J connectivity index is 2.29. The third-order valence-corrected chi connectivity index (χ3v) is 4.15. The van der Waals surface area contributed by atoms with Crippen LogP contribution in [0.3, 0.4) is 0 Å². The number of aromatic nitrogens is 3. The van der Waals surface area contributed by atoms with Gasteiger partial charge in [0, 0.05) is 11.8 Å². The molecule has 110 valence electrons. The smallest absolute Gasteiger partial charge is 0.223 e. The number of nitrogens with zero attached hydrogens (tertiary/aromatic N) is 3. The van der Waals surface area contributed by atoms with Crippen LogP contribution >= 0.6 is 15.9 Å². The normalized spacial score (nSPS) is 10.5. The number of rotatable bonds is 4. The zero-order valence-corrected chi connectivity index (χ0v) is 14.0. The van der Waals surface area contributed by atoms with Crippen molar-refractivity contribution in [2.45, 2.75) is 27.3 Å². The zero-order valence-electron chi connectivity index (χ0n) is 12.4. The molecule has 0 fully saturated rings. The maximum absolute atomic E-state index is 5.68. The molecule has 0 atom stereocenters. The molecular formula is C15H18BrN5. The largest absolute Gasteiger partial charge is 0.368 e. The second-order valence-electron chi connectivity index (χ2n) is 4.83. The summed E-state index contributed by atoms with van der Waals surface area (Å²) in [6, 6.07) is 0. The minimum absolute atomic E-state index is 0.208. The van der Waals surface area contributed by atoms with Gasteiger partial charge in [-0.25, -0.2) is 4.98 Å². The van der Waals surface area contributed by atoms with Crippen molar-refractivity contribution in [3.63, 3.8) is 0 Å². The average Bonchev–Trinajstić information content (AvgIpc) is 2.43. The third-order valence-electron chi connectivity index (χ3n) is 3.54. The lowest BCUT2D eigenvalue weighted by atomic mass is 10.0. The Morgan fingerprint density at radius 3 is 2.67 bits per heavy atom. The summed E-state index contributed by atoms with van der Waals surface area (Å²) in [7, 11) is 0. The molecule has 2 rings (SSSR count). The first-order chi connectivity index (χ1) is 9.93. The monoisotopic (exact) mass is 347 g/mol. The Morgan fingerprint density at radius 1 is 1.29 bits per heavy atom. The van der Waals surface area contributed by atoms with Crippen LogP contribution in [0.15, 0.2) is 17.4 Å². The summed E-state index contributed by atoms with van der Waals surface area (Å²) in [6.07, 6.45) is 3.57. The lowest BCUT2D eigenvalue weighted by molar-refractivity contribution is 0.977. The number of aryl methyl sites for hydroxylation is 1. The lowest BCUT2D eigenvalue weighted by Gasteiger charge is -2.13. The Hall–Kier alpha value is -1.95. The number of nitrogens with one attached hydrogen (secondary N) is 1. The molecule has 0 aliphatic rings. The Bertz CT molecular complexity index is 697. The van der Waals surface area contributed by atoms with Crippen LogP contribution in [-0.4, -0.2) is 15.0 Å². The van der Waals surface area contributed by atoms with E-state index in [4.69, 9.17) is 5.73 Å². The molecule has 0 aliphatic carbocycles. The number of nitrogens with two attached hydrogens (primary N) is 1.